The Morgan fingerprint density at radius 1 is 0.905 bits per heavy atom. The van der Waals surface area contributed by atoms with Crippen molar-refractivity contribution in [3.05, 3.63) is 70.2 Å². The van der Waals surface area contributed by atoms with Gasteiger partial charge in [0.05, 0.1) is 0 Å². The molecular formula is C17H11ClO3. The Morgan fingerprint density at radius 2 is 1.43 bits per heavy atom. The number of benzene rings is 2. The second kappa shape index (κ2) is 5.26. The fourth-order valence-corrected chi connectivity index (χ4v) is 2.77. The van der Waals surface area contributed by atoms with Crippen LogP contribution in [-0.4, -0.2) is 17.3 Å². The summed E-state index contributed by atoms with van der Waals surface area (Å²) in [6.07, 6.45) is -0.0180. The van der Waals surface area contributed by atoms with Crippen LogP contribution in [0.2, 0.25) is 5.02 Å². The third-order valence-electron chi connectivity index (χ3n) is 3.63. The van der Waals surface area contributed by atoms with Crippen molar-refractivity contribution in [1.29, 1.82) is 0 Å². The Bertz CT molecular complexity index is 729. The Morgan fingerprint density at radius 3 is 2.00 bits per heavy atom. The monoisotopic (exact) mass is 298 g/mol. The molecule has 0 saturated heterocycles. The maximum absolute atomic E-state index is 12.4. The van der Waals surface area contributed by atoms with Gasteiger partial charge in [-0.05, 0) is 11.6 Å². The van der Waals surface area contributed by atoms with Crippen LogP contribution in [0.5, 0.6) is 0 Å². The molecule has 0 spiro atoms. The highest BCUT2D eigenvalue weighted by Crippen LogP contribution is 2.28. The molecule has 2 aromatic rings. The van der Waals surface area contributed by atoms with Gasteiger partial charge in [0.25, 0.3) is 0 Å². The van der Waals surface area contributed by atoms with Crippen molar-refractivity contribution in [2.45, 2.75) is 6.42 Å². The number of hydrogen-bond acceptors (Lipinski definition) is 3. The van der Waals surface area contributed by atoms with Gasteiger partial charge in [-0.15, -0.1) is 0 Å². The predicted octanol–water partition coefficient (Wildman–Crippen LogP) is 3.15. The molecule has 4 heteroatoms. The summed E-state index contributed by atoms with van der Waals surface area (Å²) in [5, 5.41) is 0.459. The first-order valence-electron chi connectivity index (χ1n) is 6.53. The molecule has 21 heavy (non-hydrogen) atoms. The Hall–Kier alpha value is -2.26. The van der Waals surface area contributed by atoms with Crippen molar-refractivity contribution < 1.29 is 14.4 Å². The van der Waals surface area contributed by atoms with E-state index in [-0.39, 0.29) is 6.42 Å². The van der Waals surface area contributed by atoms with Gasteiger partial charge in [0, 0.05) is 22.6 Å². The SMILES string of the molecule is O=C(Cc1ccccc1Cl)C1C(=O)c2ccccc2C1=O. The average molecular weight is 299 g/mol. The lowest BCUT2D eigenvalue weighted by Crippen LogP contribution is -2.27. The zero-order valence-electron chi connectivity index (χ0n) is 11.0. The van der Waals surface area contributed by atoms with Gasteiger partial charge >= 0.3 is 0 Å². The minimum Gasteiger partial charge on any atom is -0.298 e. The van der Waals surface area contributed by atoms with Crippen molar-refractivity contribution in [3.63, 3.8) is 0 Å². The van der Waals surface area contributed by atoms with Crippen molar-refractivity contribution >= 4 is 29.0 Å². The second-order valence-corrected chi connectivity index (χ2v) is 5.35. The number of halogens is 1. The summed E-state index contributed by atoms with van der Waals surface area (Å²) in [5.74, 6) is -2.45. The van der Waals surface area contributed by atoms with Crippen LogP contribution in [0.4, 0.5) is 0 Å². The maximum Gasteiger partial charge on any atom is 0.181 e. The zero-order valence-corrected chi connectivity index (χ0v) is 11.8. The first kappa shape index (κ1) is 13.7. The number of Topliss-reactive ketones (excluding diaryl/α,β-unsaturated/α-hetero) is 3. The van der Waals surface area contributed by atoms with Crippen LogP contribution in [0, 0.1) is 5.92 Å². The lowest BCUT2D eigenvalue weighted by Gasteiger charge is -2.07. The molecule has 0 unspecified atom stereocenters. The summed E-state index contributed by atoms with van der Waals surface area (Å²) in [4.78, 5) is 36.9. The van der Waals surface area contributed by atoms with Crippen LogP contribution in [0.1, 0.15) is 26.3 Å². The van der Waals surface area contributed by atoms with Gasteiger partial charge in [-0.1, -0.05) is 54.1 Å². The normalized spacial score (nSPS) is 14.3. The van der Waals surface area contributed by atoms with E-state index in [1.807, 2.05) is 0 Å². The Balaban J connectivity index is 1.89. The molecule has 0 amide bonds. The summed E-state index contributed by atoms with van der Waals surface area (Å²) >= 11 is 6.01. The van der Waals surface area contributed by atoms with E-state index in [0.717, 1.165) is 0 Å². The maximum atomic E-state index is 12.4. The van der Waals surface area contributed by atoms with Crippen LogP contribution in [-0.2, 0) is 11.2 Å². The van der Waals surface area contributed by atoms with Crippen LogP contribution in [0.3, 0.4) is 0 Å². The molecule has 0 radical (unpaired) electrons. The summed E-state index contributed by atoms with van der Waals surface area (Å²) in [7, 11) is 0. The molecule has 2 aromatic carbocycles. The van der Waals surface area contributed by atoms with E-state index >= 15 is 0 Å². The van der Waals surface area contributed by atoms with E-state index in [1.54, 1.807) is 48.5 Å². The van der Waals surface area contributed by atoms with Crippen molar-refractivity contribution in [2.24, 2.45) is 5.92 Å². The third kappa shape index (κ3) is 2.30. The molecule has 3 rings (SSSR count). The van der Waals surface area contributed by atoms with Gasteiger partial charge < -0.3 is 0 Å². The lowest BCUT2D eigenvalue weighted by atomic mass is 9.93. The number of ketones is 3. The topological polar surface area (TPSA) is 51.2 Å². The number of hydrogen-bond donors (Lipinski definition) is 0. The fourth-order valence-electron chi connectivity index (χ4n) is 2.57. The van der Waals surface area contributed by atoms with Gasteiger partial charge in [0.15, 0.2) is 17.3 Å². The molecule has 0 aliphatic heterocycles. The van der Waals surface area contributed by atoms with Gasteiger partial charge in [-0.2, -0.15) is 0 Å². The molecule has 0 saturated carbocycles. The van der Waals surface area contributed by atoms with Crippen LogP contribution < -0.4 is 0 Å². The van der Waals surface area contributed by atoms with Crippen molar-refractivity contribution in [3.8, 4) is 0 Å². The average Bonchev–Trinajstić information content (AvgIpc) is 2.74. The van der Waals surface area contributed by atoms with Gasteiger partial charge in [0.2, 0.25) is 0 Å². The minimum atomic E-state index is -1.22. The molecule has 0 bridgehead atoms. The van der Waals surface area contributed by atoms with E-state index < -0.39 is 23.3 Å². The lowest BCUT2D eigenvalue weighted by molar-refractivity contribution is -0.119. The van der Waals surface area contributed by atoms with Gasteiger partial charge in [-0.25, -0.2) is 0 Å². The molecule has 0 heterocycles. The number of fused-ring (bicyclic) bond motifs is 1. The highest BCUT2D eigenvalue weighted by Gasteiger charge is 2.42. The van der Waals surface area contributed by atoms with E-state index in [0.29, 0.717) is 21.7 Å². The standard InChI is InChI=1S/C17H11ClO3/c18-13-8-4-1-5-10(13)9-14(19)15-16(20)11-6-2-3-7-12(11)17(15)21/h1-8,15H,9H2. The molecule has 3 nitrogen and oxygen atoms in total. The van der Waals surface area contributed by atoms with Crippen molar-refractivity contribution in [1.82, 2.24) is 0 Å². The fraction of sp³-hybridized carbons (Fsp3) is 0.118. The Kier molecular flexibility index (Phi) is 3.43. The molecule has 0 fully saturated rings. The predicted molar refractivity (Wildman–Crippen MR) is 78.8 cm³/mol. The molecule has 0 N–H and O–H groups in total. The smallest absolute Gasteiger partial charge is 0.181 e. The molecule has 0 atom stereocenters. The molecule has 1 aliphatic rings. The van der Waals surface area contributed by atoms with Crippen LogP contribution >= 0.6 is 11.6 Å². The molecule has 104 valence electrons. The summed E-state index contributed by atoms with van der Waals surface area (Å²) < 4.78 is 0. The minimum absolute atomic E-state index is 0.0180. The first-order valence-corrected chi connectivity index (χ1v) is 6.91. The van der Waals surface area contributed by atoms with Crippen molar-refractivity contribution in [2.75, 3.05) is 0 Å². The largest absolute Gasteiger partial charge is 0.298 e. The second-order valence-electron chi connectivity index (χ2n) is 4.94. The highest BCUT2D eigenvalue weighted by molar-refractivity contribution is 6.36. The molecule has 1 aliphatic carbocycles. The van der Waals surface area contributed by atoms with E-state index in [1.165, 1.54) is 0 Å². The van der Waals surface area contributed by atoms with E-state index in [2.05, 4.69) is 0 Å². The molecule has 0 aromatic heterocycles. The van der Waals surface area contributed by atoms with E-state index in [9.17, 15) is 14.4 Å². The number of carbonyl (C=O) groups excluding carboxylic acids is 3. The first-order chi connectivity index (χ1) is 10.1. The summed E-state index contributed by atoms with van der Waals surface area (Å²) in [6.45, 7) is 0. The number of rotatable bonds is 3. The Labute approximate surface area is 126 Å². The van der Waals surface area contributed by atoms with Crippen LogP contribution in [0.15, 0.2) is 48.5 Å². The van der Waals surface area contributed by atoms with Gasteiger partial charge in [0.1, 0.15) is 5.92 Å². The van der Waals surface area contributed by atoms with Gasteiger partial charge in [-0.3, -0.25) is 14.4 Å². The van der Waals surface area contributed by atoms with E-state index in [4.69, 9.17) is 11.6 Å². The highest BCUT2D eigenvalue weighted by atomic mass is 35.5. The van der Waals surface area contributed by atoms with Crippen LogP contribution in [0.25, 0.3) is 0 Å². The third-order valence-corrected chi connectivity index (χ3v) is 4.00. The zero-order chi connectivity index (χ0) is 15.0. The summed E-state index contributed by atoms with van der Waals surface area (Å²) in [5.41, 5.74) is 1.29. The number of carbonyl (C=O) groups is 3. The molecular weight excluding hydrogens is 288 g/mol. The quantitative estimate of drug-likeness (QED) is 0.818. The summed E-state index contributed by atoms with van der Waals surface area (Å²) in [6, 6.07) is 13.5.